The summed E-state index contributed by atoms with van der Waals surface area (Å²) in [5, 5.41) is 0. The second kappa shape index (κ2) is 21.2. The zero-order valence-corrected chi connectivity index (χ0v) is 32.7. The van der Waals surface area contributed by atoms with Crippen LogP contribution in [0.4, 0.5) is 0 Å². The molecule has 7 heteroatoms. The van der Waals surface area contributed by atoms with E-state index in [1.165, 1.54) is 77.0 Å². The van der Waals surface area contributed by atoms with Crippen LogP contribution in [0.2, 0.25) is 0 Å². The van der Waals surface area contributed by atoms with Crippen LogP contribution in [0, 0.1) is 5.92 Å². The largest absolute Gasteiger partial charge is 0.486 e. The highest BCUT2D eigenvalue weighted by molar-refractivity contribution is 5.31. The van der Waals surface area contributed by atoms with E-state index in [9.17, 15) is 0 Å². The Bertz CT molecular complexity index is 1360. The van der Waals surface area contributed by atoms with Crippen molar-refractivity contribution in [3.63, 3.8) is 0 Å². The van der Waals surface area contributed by atoms with Crippen molar-refractivity contribution >= 4 is 0 Å². The summed E-state index contributed by atoms with van der Waals surface area (Å²) in [6, 6.07) is 20.4. The molecule has 6 atom stereocenters. The third kappa shape index (κ3) is 12.6. The highest BCUT2D eigenvalue weighted by Crippen LogP contribution is 2.39. The normalized spacial score (nSPS) is 25.5. The fourth-order valence-electron chi connectivity index (χ4n) is 7.52. The molecule has 3 heterocycles. The van der Waals surface area contributed by atoms with Gasteiger partial charge in [0.05, 0.1) is 18.8 Å². The zero-order chi connectivity index (χ0) is 36.6. The van der Waals surface area contributed by atoms with E-state index in [0.29, 0.717) is 37.1 Å². The molecule has 5 rings (SSSR count). The molecular weight excluding hydrogens is 652 g/mol. The summed E-state index contributed by atoms with van der Waals surface area (Å²) in [6.07, 6.45) is 18.9. The lowest BCUT2D eigenvalue weighted by atomic mass is 9.92. The summed E-state index contributed by atoms with van der Waals surface area (Å²) in [7, 11) is 0. The minimum atomic E-state index is -0.599. The van der Waals surface area contributed by atoms with E-state index in [0.717, 1.165) is 24.0 Å². The van der Waals surface area contributed by atoms with Gasteiger partial charge in [0.1, 0.15) is 13.2 Å². The fraction of sp³-hybridized carbons (Fsp3) is 0.644. The quantitative estimate of drug-likeness (QED) is 0.112. The summed E-state index contributed by atoms with van der Waals surface area (Å²) in [4.78, 5) is 0. The number of unbranched alkanes of at least 4 members (excludes halogenated alkanes) is 11. The third-order valence-electron chi connectivity index (χ3n) is 10.4. The summed E-state index contributed by atoms with van der Waals surface area (Å²) in [5.74, 6) is 1.49. The molecule has 2 fully saturated rings. The Morgan fingerprint density at radius 2 is 1.35 bits per heavy atom. The topological polar surface area (TPSA) is 64.6 Å². The monoisotopic (exact) mass is 718 g/mol. The molecule has 3 aliphatic heterocycles. The molecule has 0 aliphatic carbocycles. The van der Waals surface area contributed by atoms with Crippen LogP contribution >= 0.6 is 0 Å². The number of ether oxygens (including phenoxy) is 7. The van der Waals surface area contributed by atoms with Gasteiger partial charge >= 0.3 is 0 Å². The Balaban J connectivity index is 1.23. The van der Waals surface area contributed by atoms with Gasteiger partial charge in [-0.05, 0) is 56.7 Å². The SMILES string of the molecule is CCCCCCCCCCCCCCC1OC(C)(C)O[C@H]1[C@@H](C)C/C=C1/OC2COC(C)O[C@@H]2C(OCc2ccccc2)=C1OCc1ccccc1. The second-order valence-corrected chi connectivity index (χ2v) is 15.5. The molecule has 0 amide bonds. The maximum Gasteiger partial charge on any atom is 0.202 e. The number of hydrogen-bond donors (Lipinski definition) is 0. The summed E-state index contributed by atoms with van der Waals surface area (Å²) in [6.45, 7) is 11.7. The van der Waals surface area contributed by atoms with Crippen LogP contribution < -0.4 is 0 Å². The van der Waals surface area contributed by atoms with E-state index in [2.05, 4.69) is 44.2 Å². The average molecular weight is 719 g/mol. The van der Waals surface area contributed by atoms with Crippen LogP contribution in [0.3, 0.4) is 0 Å². The van der Waals surface area contributed by atoms with Crippen molar-refractivity contribution in [2.75, 3.05) is 6.61 Å². The van der Waals surface area contributed by atoms with Gasteiger partial charge in [-0.1, -0.05) is 152 Å². The Kier molecular flexibility index (Phi) is 16.4. The number of allylic oxidation sites excluding steroid dienone is 1. The van der Waals surface area contributed by atoms with Crippen molar-refractivity contribution < 1.29 is 33.2 Å². The summed E-state index contributed by atoms with van der Waals surface area (Å²) < 4.78 is 45.0. The van der Waals surface area contributed by atoms with Gasteiger partial charge in [0.15, 0.2) is 35.8 Å². The number of rotatable bonds is 22. The van der Waals surface area contributed by atoms with Gasteiger partial charge < -0.3 is 33.2 Å². The first-order valence-electron chi connectivity index (χ1n) is 20.4. The molecule has 0 saturated carbocycles. The molecule has 52 heavy (non-hydrogen) atoms. The van der Waals surface area contributed by atoms with E-state index in [4.69, 9.17) is 33.2 Å². The van der Waals surface area contributed by atoms with E-state index < -0.39 is 11.9 Å². The predicted octanol–water partition coefficient (Wildman–Crippen LogP) is 11.3. The van der Waals surface area contributed by atoms with Crippen molar-refractivity contribution in [3.8, 4) is 0 Å². The molecule has 0 radical (unpaired) electrons. The highest BCUT2D eigenvalue weighted by Gasteiger charge is 2.45. The third-order valence-corrected chi connectivity index (χ3v) is 10.4. The summed E-state index contributed by atoms with van der Waals surface area (Å²) >= 11 is 0. The lowest BCUT2D eigenvalue weighted by Crippen LogP contribution is -2.48. The van der Waals surface area contributed by atoms with Gasteiger partial charge in [-0.3, -0.25) is 0 Å². The van der Waals surface area contributed by atoms with Gasteiger partial charge in [-0.2, -0.15) is 0 Å². The van der Waals surface area contributed by atoms with Gasteiger partial charge in [0, 0.05) is 0 Å². The van der Waals surface area contributed by atoms with E-state index >= 15 is 0 Å². The van der Waals surface area contributed by atoms with Crippen LogP contribution in [0.1, 0.15) is 136 Å². The van der Waals surface area contributed by atoms with Crippen molar-refractivity contribution in [1.29, 1.82) is 0 Å². The molecule has 0 N–H and O–H groups in total. The van der Waals surface area contributed by atoms with E-state index in [1.54, 1.807) is 0 Å². The van der Waals surface area contributed by atoms with Crippen molar-refractivity contribution in [3.05, 3.63) is 95.1 Å². The Labute approximate surface area is 314 Å². The van der Waals surface area contributed by atoms with Gasteiger partial charge in [-0.25, -0.2) is 0 Å². The molecule has 3 unspecified atom stereocenters. The lowest BCUT2D eigenvalue weighted by molar-refractivity contribution is -0.252. The number of hydrogen-bond acceptors (Lipinski definition) is 7. The lowest BCUT2D eigenvalue weighted by Gasteiger charge is -2.40. The maximum atomic E-state index is 6.63. The first-order valence-corrected chi connectivity index (χ1v) is 20.4. The number of fused-ring (bicyclic) bond motifs is 1. The van der Waals surface area contributed by atoms with Crippen LogP contribution in [-0.2, 0) is 46.4 Å². The molecule has 0 bridgehead atoms. The molecule has 288 valence electrons. The molecule has 2 saturated heterocycles. The van der Waals surface area contributed by atoms with Gasteiger partial charge in [-0.15, -0.1) is 0 Å². The zero-order valence-electron chi connectivity index (χ0n) is 32.7. The highest BCUT2D eigenvalue weighted by atomic mass is 16.8. The second-order valence-electron chi connectivity index (χ2n) is 15.5. The van der Waals surface area contributed by atoms with Gasteiger partial charge in [0.25, 0.3) is 0 Å². The van der Waals surface area contributed by atoms with Crippen LogP contribution in [0.5, 0.6) is 0 Å². The van der Waals surface area contributed by atoms with E-state index in [1.807, 2.05) is 57.2 Å². The van der Waals surface area contributed by atoms with Crippen molar-refractivity contribution in [2.45, 2.75) is 174 Å². The Morgan fingerprint density at radius 3 is 1.96 bits per heavy atom. The standard InChI is InChI=1S/C45H66O7/c1-6-7-8-9-10-11-12-13-14-15-16-23-28-39-41(52-45(4,5)51-39)34(2)29-30-38-42(47-31-36-24-19-17-20-25-36)44(48-32-37-26-21-18-22-27-37)43-40(50-38)33-46-35(3)49-43/h17-22,24-27,30,34-35,39-41,43H,6-16,23,28-29,31-33H2,1-5H3/b38-30+/t34-,35?,39?,40?,41-,43-/m0/s1. The minimum absolute atomic E-state index is 0.00966. The first-order chi connectivity index (χ1) is 25.3. The predicted molar refractivity (Wildman–Crippen MR) is 206 cm³/mol. The molecule has 2 aromatic carbocycles. The smallest absolute Gasteiger partial charge is 0.202 e. The average Bonchev–Trinajstić information content (AvgIpc) is 3.47. The van der Waals surface area contributed by atoms with Crippen LogP contribution in [-0.4, -0.2) is 43.1 Å². The van der Waals surface area contributed by atoms with Crippen molar-refractivity contribution in [1.82, 2.24) is 0 Å². The number of benzene rings is 2. The van der Waals surface area contributed by atoms with Crippen molar-refractivity contribution in [2.24, 2.45) is 5.92 Å². The van der Waals surface area contributed by atoms with Gasteiger partial charge in [0.2, 0.25) is 5.76 Å². The molecule has 0 aromatic heterocycles. The van der Waals surface area contributed by atoms with Crippen LogP contribution in [0.15, 0.2) is 84.0 Å². The fourth-order valence-corrected chi connectivity index (χ4v) is 7.52. The molecule has 3 aliphatic rings. The van der Waals surface area contributed by atoms with E-state index in [-0.39, 0.29) is 30.5 Å². The molecular formula is C45H66O7. The molecule has 0 spiro atoms. The van der Waals surface area contributed by atoms with Crippen LogP contribution in [0.25, 0.3) is 0 Å². The first kappa shape index (κ1) is 40.3. The maximum absolute atomic E-state index is 6.63. The molecule has 7 nitrogen and oxygen atoms in total. The summed E-state index contributed by atoms with van der Waals surface area (Å²) in [5.41, 5.74) is 2.13. The minimum Gasteiger partial charge on any atom is -0.486 e. The Hall–Kier alpha value is -2.84. The molecule has 2 aromatic rings. The Morgan fingerprint density at radius 1 is 0.769 bits per heavy atom.